The second-order valence-electron chi connectivity index (χ2n) is 1.38. The second-order valence-corrected chi connectivity index (χ2v) is 4.90. The van der Waals surface area contributed by atoms with Crippen LogP contribution in [-0.4, -0.2) is 9.79 Å². The molecule has 0 fully saturated rings. The molecule has 0 unspecified atom stereocenters. The average molecular weight is 168 g/mol. The maximum atomic E-state index is 10.1. The van der Waals surface area contributed by atoms with Crippen molar-refractivity contribution in [1.29, 1.82) is 0 Å². The minimum atomic E-state index is -3.87. The second kappa shape index (κ2) is 4.12. The Bertz CT molecular complexity index is 139. The summed E-state index contributed by atoms with van der Waals surface area (Å²) in [5.41, 5.74) is 0. The van der Waals surface area contributed by atoms with Crippen LogP contribution in [0, 0.1) is 0 Å². The van der Waals surface area contributed by atoms with Gasteiger partial charge in [0.15, 0.2) is 0 Å². The van der Waals surface area contributed by atoms with E-state index in [2.05, 4.69) is 0 Å². The van der Waals surface area contributed by atoms with Gasteiger partial charge in [-0.3, -0.25) is 0 Å². The van der Waals surface area contributed by atoms with Crippen molar-refractivity contribution in [3.05, 3.63) is 11.5 Å². The molecule has 0 saturated heterocycles. The molecule has 0 aliphatic heterocycles. The van der Waals surface area contributed by atoms with Crippen LogP contribution >= 0.6 is 18.2 Å². The lowest BCUT2D eigenvalue weighted by Crippen LogP contribution is -1.63. The summed E-state index contributed by atoms with van der Waals surface area (Å²) in [4.78, 5) is 16.5. The van der Waals surface area contributed by atoms with Crippen molar-refractivity contribution in [2.45, 2.75) is 13.3 Å². The van der Waals surface area contributed by atoms with E-state index >= 15 is 0 Å². The third-order valence-corrected chi connectivity index (χ3v) is 2.31. The van der Waals surface area contributed by atoms with Gasteiger partial charge in [0.2, 0.25) is 0 Å². The Hall–Kier alpha value is 0.240. The molecule has 54 valence electrons. The van der Waals surface area contributed by atoms with Crippen molar-refractivity contribution >= 4 is 18.2 Å². The maximum absolute atomic E-state index is 10.1. The molecule has 2 N–H and O–H groups in total. The fourth-order valence-electron chi connectivity index (χ4n) is 0.219. The minimum Gasteiger partial charge on any atom is -0.316 e. The third-order valence-electron chi connectivity index (χ3n) is 0.530. The van der Waals surface area contributed by atoms with Gasteiger partial charge in [-0.2, -0.15) is 0 Å². The van der Waals surface area contributed by atoms with Crippen LogP contribution in [0.1, 0.15) is 13.3 Å². The van der Waals surface area contributed by atoms with E-state index in [1.807, 2.05) is 6.92 Å². The lowest BCUT2D eigenvalue weighted by atomic mass is 10.5. The maximum Gasteiger partial charge on any atom is 0.388 e. The van der Waals surface area contributed by atoms with Crippen LogP contribution in [0.3, 0.4) is 0 Å². The zero-order chi connectivity index (χ0) is 7.33. The highest BCUT2D eigenvalue weighted by molar-refractivity contribution is 8.56. The SMILES string of the molecule is CCC=CSP(=O)(O)O. The zero-order valence-corrected chi connectivity index (χ0v) is 6.73. The van der Waals surface area contributed by atoms with Crippen LogP contribution in [0.25, 0.3) is 0 Å². The molecule has 0 heterocycles. The van der Waals surface area contributed by atoms with Gasteiger partial charge in [0.25, 0.3) is 0 Å². The first-order chi connectivity index (χ1) is 4.06. The van der Waals surface area contributed by atoms with Gasteiger partial charge in [-0.15, -0.1) is 0 Å². The predicted octanol–water partition coefficient (Wildman–Crippen LogP) is 1.74. The Morgan fingerprint density at radius 3 is 2.56 bits per heavy atom. The molecule has 0 atom stereocenters. The van der Waals surface area contributed by atoms with Crippen LogP contribution < -0.4 is 0 Å². The molecule has 0 aromatic heterocycles. The molecule has 9 heavy (non-hydrogen) atoms. The summed E-state index contributed by atoms with van der Waals surface area (Å²) in [5, 5.41) is 1.42. The first-order valence-corrected chi connectivity index (χ1v) is 5.55. The molecule has 0 spiro atoms. The van der Waals surface area contributed by atoms with Crippen LogP contribution in [0.4, 0.5) is 0 Å². The molecule has 0 amide bonds. The molecule has 0 aromatic carbocycles. The minimum absolute atomic E-state index is 0.544. The molecule has 0 aliphatic rings. The molecular formula is C4H9O3PS. The first kappa shape index (κ1) is 9.24. The molecule has 5 heteroatoms. The quantitative estimate of drug-likeness (QED) is 0.630. The van der Waals surface area contributed by atoms with Crippen molar-refractivity contribution in [2.24, 2.45) is 0 Å². The van der Waals surface area contributed by atoms with E-state index in [1.165, 1.54) is 5.41 Å². The van der Waals surface area contributed by atoms with Gasteiger partial charge in [0.05, 0.1) is 0 Å². The summed E-state index contributed by atoms with van der Waals surface area (Å²) in [5.74, 6) is 0. The summed E-state index contributed by atoms with van der Waals surface area (Å²) in [7, 11) is 0. The Morgan fingerprint density at radius 1 is 1.67 bits per heavy atom. The molecule has 3 nitrogen and oxygen atoms in total. The standard InChI is InChI=1S/C4H9O3PS/c1-2-3-4-9-8(5,6)7/h3-4H,2H2,1H3,(H2,5,6,7). The zero-order valence-electron chi connectivity index (χ0n) is 5.02. The molecule has 0 radical (unpaired) electrons. The Balaban J connectivity index is 3.51. The van der Waals surface area contributed by atoms with Crippen molar-refractivity contribution in [2.75, 3.05) is 0 Å². The summed E-state index contributed by atoms with van der Waals surface area (Å²) >= 11 is 0.544. The van der Waals surface area contributed by atoms with E-state index in [9.17, 15) is 4.57 Å². The van der Waals surface area contributed by atoms with E-state index < -0.39 is 6.80 Å². The lowest BCUT2D eigenvalue weighted by molar-refractivity contribution is 0.397. The van der Waals surface area contributed by atoms with E-state index in [-0.39, 0.29) is 0 Å². The number of hydrogen-bond acceptors (Lipinski definition) is 2. The van der Waals surface area contributed by atoms with Crippen molar-refractivity contribution in [3.63, 3.8) is 0 Å². The number of hydrogen-bond donors (Lipinski definition) is 2. The van der Waals surface area contributed by atoms with Crippen molar-refractivity contribution in [1.82, 2.24) is 0 Å². The van der Waals surface area contributed by atoms with Gasteiger partial charge in [0, 0.05) is 0 Å². The van der Waals surface area contributed by atoms with Crippen LogP contribution in [-0.2, 0) is 4.57 Å². The van der Waals surface area contributed by atoms with Gasteiger partial charge in [-0.25, -0.2) is 4.57 Å². The van der Waals surface area contributed by atoms with Crippen LogP contribution in [0.5, 0.6) is 0 Å². The summed E-state index contributed by atoms with van der Waals surface area (Å²) < 4.78 is 10.1. The molecular weight excluding hydrogens is 159 g/mol. The lowest BCUT2D eigenvalue weighted by Gasteiger charge is -1.94. The van der Waals surface area contributed by atoms with Crippen molar-refractivity contribution < 1.29 is 14.4 Å². The molecule has 0 bridgehead atoms. The van der Waals surface area contributed by atoms with Gasteiger partial charge < -0.3 is 9.79 Å². The number of rotatable bonds is 3. The largest absolute Gasteiger partial charge is 0.388 e. The monoisotopic (exact) mass is 168 g/mol. The summed E-state index contributed by atoms with van der Waals surface area (Å²) in [6.07, 6.45) is 2.50. The summed E-state index contributed by atoms with van der Waals surface area (Å²) in [6.45, 7) is -1.97. The average Bonchev–Trinajstić information content (AvgIpc) is 1.63. The van der Waals surface area contributed by atoms with Gasteiger partial charge >= 0.3 is 6.80 Å². The Kier molecular flexibility index (Phi) is 4.23. The number of allylic oxidation sites excluding steroid dienone is 1. The van der Waals surface area contributed by atoms with E-state index in [0.717, 1.165) is 6.42 Å². The van der Waals surface area contributed by atoms with Gasteiger partial charge in [0.1, 0.15) is 0 Å². The normalized spacial score (nSPS) is 12.8. The third kappa shape index (κ3) is 8.24. The highest BCUT2D eigenvalue weighted by Gasteiger charge is 2.09. The van der Waals surface area contributed by atoms with Crippen LogP contribution in [0.2, 0.25) is 0 Å². The van der Waals surface area contributed by atoms with E-state index in [4.69, 9.17) is 9.79 Å². The van der Waals surface area contributed by atoms with Crippen LogP contribution in [0.15, 0.2) is 11.5 Å². The molecule has 0 aliphatic carbocycles. The smallest absolute Gasteiger partial charge is 0.316 e. The fraction of sp³-hybridized carbons (Fsp3) is 0.500. The first-order valence-electron chi connectivity index (χ1n) is 2.45. The van der Waals surface area contributed by atoms with Gasteiger partial charge in [-0.05, 0) is 23.2 Å². The Labute approximate surface area is 58.1 Å². The topological polar surface area (TPSA) is 57.5 Å². The van der Waals surface area contributed by atoms with E-state index in [1.54, 1.807) is 6.08 Å². The van der Waals surface area contributed by atoms with Gasteiger partial charge in [-0.1, -0.05) is 13.0 Å². The predicted molar refractivity (Wildman–Crippen MR) is 39.1 cm³/mol. The highest BCUT2D eigenvalue weighted by Crippen LogP contribution is 2.50. The van der Waals surface area contributed by atoms with E-state index in [0.29, 0.717) is 11.4 Å². The summed E-state index contributed by atoms with van der Waals surface area (Å²) in [6, 6.07) is 0. The fourth-order valence-corrected chi connectivity index (χ4v) is 1.39. The molecule has 0 rings (SSSR count). The highest BCUT2D eigenvalue weighted by atomic mass is 32.7. The Morgan fingerprint density at radius 2 is 2.22 bits per heavy atom. The molecule has 0 aromatic rings. The molecule has 0 saturated carbocycles. The van der Waals surface area contributed by atoms with Crippen molar-refractivity contribution in [3.8, 4) is 0 Å².